The molecule has 2 heterocycles. The Balaban J connectivity index is 1.57. The van der Waals surface area contributed by atoms with Crippen LogP contribution < -0.4 is 15.4 Å². The predicted molar refractivity (Wildman–Crippen MR) is 96.4 cm³/mol. The van der Waals surface area contributed by atoms with E-state index in [1.807, 2.05) is 67.1 Å². The molecule has 0 aliphatic carbocycles. The fourth-order valence-corrected chi connectivity index (χ4v) is 2.87. The molecule has 0 spiro atoms. The molecule has 1 atom stereocenters. The van der Waals surface area contributed by atoms with Gasteiger partial charge in [0.2, 0.25) is 0 Å². The van der Waals surface area contributed by atoms with Gasteiger partial charge >= 0.3 is 0 Å². The highest BCUT2D eigenvalue weighted by Crippen LogP contribution is 2.30. The Hall–Kier alpha value is -3.21. The molecule has 0 bridgehead atoms. The Morgan fingerprint density at radius 1 is 1.12 bits per heavy atom. The Morgan fingerprint density at radius 3 is 2.83 bits per heavy atom. The smallest absolute Gasteiger partial charge is 0.163 e. The van der Waals surface area contributed by atoms with Gasteiger partial charge < -0.3 is 20.3 Å². The van der Waals surface area contributed by atoms with Crippen molar-refractivity contribution in [3.63, 3.8) is 0 Å². The molecule has 1 unspecified atom stereocenters. The Labute approximate surface area is 141 Å². The van der Waals surface area contributed by atoms with Crippen molar-refractivity contribution in [2.75, 3.05) is 12.4 Å². The van der Waals surface area contributed by atoms with Gasteiger partial charge in [-0.2, -0.15) is 0 Å². The summed E-state index contributed by atoms with van der Waals surface area (Å²) in [6, 6.07) is 18.1. The van der Waals surface area contributed by atoms with Gasteiger partial charge in [-0.3, -0.25) is 0 Å². The molecule has 0 saturated carbocycles. The summed E-state index contributed by atoms with van der Waals surface area (Å²) in [7, 11) is 1.68. The SMILES string of the molecule is COc1cccc(C2=CNC3C(Nc4ccccc4)=NC=CN23)c1. The zero-order valence-corrected chi connectivity index (χ0v) is 13.3. The van der Waals surface area contributed by atoms with Gasteiger partial charge in [-0.15, -0.1) is 0 Å². The van der Waals surface area contributed by atoms with Gasteiger partial charge in [-0.05, 0) is 24.3 Å². The maximum atomic E-state index is 5.33. The molecule has 2 aliphatic rings. The summed E-state index contributed by atoms with van der Waals surface area (Å²) >= 11 is 0. The van der Waals surface area contributed by atoms with Crippen LogP contribution in [-0.2, 0) is 0 Å². The number of rotatable bonds is 3. The number of benzene rings is 2. The average Bonchev–Trinajstić information content (AvgIpc) is 3.08. The Morgan fingerprint density at radius 2 is 2.00 bits per heavy atom. The standard InChI is InChI=1S/C19H18N4O/c1-24-16-9-5-6-14(12-16)17-13-21-19-18(20-10-11-23(17)19)22-15-7-3-2-4-8-15/h2-13,19,21H,1H3,(H,20,22). The molecule has 0 aromatic heterocycles. The van der Waals surface area contributed by atoms with E-state index in [1.54, 1.807) is 7.11 Å². The second-order valence-corrected chi connectivity index (χ2v) is 5.54. The first-order valence-corrected chi connectivity index (χ1v) is 7.80. The zero-order valence-electron chi connectivity index (χ0n) is 13.3. The lowest BCUT2D eigenvalue weighted by Crippen LogP contribution is -2.45. The Kier molecular flexibility index (Phi) is 3.67. The minimum absolute atomic E-state index is 0.0450. The lowest BCUT2D eigenvalue weighted by molar-refractivity contribution is 0.414. The topological polar surface area (TPSA) is 48.9 Å². The minimum Gasteiger partial charge on any atom is -0.497 e. The van der Waals surface area contributed by atoms with Crippen LogP contribution in [0.4, 0.5) is 5.69 Å². The van der Waals surface area contributed by atoms with E-state index >= 15 is 0 Å². The number of nitrogens with one attached hydrogen (secondary N) is 2. The van der Waals surface area contributed by atoms with Crippen molar-refractivity contribution in [1.82, 2.24) is 10.2 Å². The molecule has 120 valence electrons. The third-order valence-electron chi connectivity index (χ3n) is 4.05. The zero-order chi connectivity index (χ0) is 16.4. The van der Waals surface area contributed by atoms with Crippen LogP contribution in [0.1, 0.15) is 5.56 Å². The van der Waals surface area contributed by atoms with Crippen molar-refractivity contribution in [1.29, 1.82) is 0 Å². The summed E-state index contributed by atoms with van der Waals surface area (Å²) in [5.41, 5.74) is 3.19. The molecule has 24 heavy (non-hydrogen) atoms. The lowest BCUT2D eigenvalue weighted by atomic mass is 10.1. The van der Waals surface area contributed by atoms with Gasteiger partial charge in [-0.25, -0.2) is 4.99 Å². The maximum absolute atomic E-state index is 5.33. The molecule has 0 amide bonds. The van der Waals surface area contributed by atoms with Crippen molar-refractivity contribution in [2.24, 2.45) is 4.99 Å². The maximum Gasteiger partial charge on any atom is 0.163 e. The fraction of sp³-hybridized carbons (Fsp3) is 0.105. The third-order valence-corrected chi connectivity index (χ3v) is 4.05. The normalized spacial score (nSPS) is 18.4. The molecular weight excluding hydrogens is 300 g/mol. The van der Waals surface area contributed by atoms with Gasteiger partial charge in [0.25, 0.3) is 0 Å². The van der Waals surface area contributed by atoms with E-state index in [0.717, 1.165) is 28.5 Å². The number of para-hydroxylation sites is 1. The van der Waals surface area contributed by atoms with Crippen LogP contribution in [-0.4, -0.2) is 24.0 Å². The van der Waals surface area contributed by atoms with Crippen LogP contribution in [0.2, 0.25) is 0 Å². The van der Waals surface area contributed by atoms with Crippen LogP contribution in [0.25, 0.3) is 5.70 Å². The van der Waals surface area contributed by atoms with E-state index in [1.165, 1.54) is 0 Å². The molecule has 2 aliphatic heterocycles. The molecule has 0 radical (unpaired) electrons. The highest BCUT2D eigenvalue weighted by molar-refractivity contribution is 6.01. The second kappa shape index (κ2) is 6.12. The van der Waals surface area contributed by atoms with Gasteiger partial charge in [-0.1, -0.05) is 30.3 Å². The molecule has 2 aromatic rings. The third kappa shape index (κ3) is 2.60. The molecule has 2 N–H and O–H groups in total. The summed E-state index contributed by atoms with van der Waals surface area (Å²) in [6.07, 6.45) is 5.75. The molecule has 2 aromatic carbocycles. The summed E-state index contributed by atoms with van der Waals surface area (Å²) in [5, 5.41) is 6.78. The van der Waals surface area contributed by atoms with Crippen molar-refractivity contribution < 1.29 is 4.74 Å². The summed E-state index contributed by atoms with van der Waals surface area (Å²) in [4.78, 5) is 6.65. The number of nitrogens with zero attached hydrogens (tertiary/aromatic N) is 2. The lowest BCUT2D eigenvalue weighted by Gasteiger charge is -2.29. The van der Waals surface area contributed by atoms with E-state index in [0.29, 0.717) is 0 Å². The monoisotopic (exact) mass is 318 g/mol. The second-order valence-electron chi connectivity index (χ2n) is 5.54. The van der Waals surface area contributed by atoms with Crippen molar-refractivity contribution >= 4 is 17.2 Å². The number of methoxy groups -OCH3 is 1. The molecule has 0 fully saturated rings. The highest BCUT2D eigenvalue weighted by Gasteiger charge is 2.31. The number of ether oxygens (including phenoxy) is 1. The van der Waals surface area contributed by atoms with E-state index in [4.69, 9.17) is 4.74 Å². The molecule has 0 saturated heterocycles. The number of fused-ring (bicyclic) bond motifs is 1. The predicted octanol–water partition coefficient (Wildman–Crippen LogP) is 3.22. The van der Waals surface area contributed by atoms with Crippen LogP contribution in [0.5, 0.6) is 5.75 Å². The molecule has 5 heteroatoms. The number of aliphatic imine (C=N–C) groups is 1. The quantitative estimate of drug-likeness (QED) is 0.912. The van der Waals surface area contributed by atoms with E-state index < -0.39 is 0 Å². The van der Waals surface area contributed by atoms with Gasteiger partial charge in [0.1, 0.15) is 11.6 Å². The van der Waals surface area contributed by atoms with Gasteiger partial charge in [0.15, 0.2) is 6.17 Å². The van der Waals surface area contributed by atoms with E-state index in [-0.39, 0.29) is 6.17 Å². The Bertz CT molecular complexity index is 826. The van der Waals surface area contributed by atoms with Crippen molar-refractivity contribution in [3.8, 4) is 5.75 Å². The van der Waals surface area contributed by atoms with Crippen LogP contribution in [0, 0.1) is 0 Å². The number of hydrogen-bond donors (Lipinski definition) is 2. The fourth-order valence-electron chi connectivity index (χ4n) is 2.87. The first-order valence-electron chi connectivity index (χ1n) is 7.80. The van der Waals surface area contributed by atoms with Crippen molar-refractivity contribution in [3.05, 3.63) is 78.8 Å². The van der Waals surface area contributed by atoms with E-state index in [2.05, 4.69) is 26.6 Å². The van der Waals surface area contributed by atoms with Crippen LogP contribution >= 0.6 is 0 Å². The molecule has 4 rings (SSSR count). The van der Waals surface area contributed by atoms with Gasteiger partial charge in [0.05, 0.1) is 12.8 Å². The first-order chi connectivity index (χ1) is 11.8. The van der Waals surface area contributed by atoms with Gasteiger partial charge in [0, 0.05) is 29.9 Å². The minimum atomic E-state index is -0.0450. The summed E-state index contributed by atoms with van der Waals surface area (Å²) in [6.45, 7) is 0. The number of hydrogen-bond acceptors (Lipinski definition) is 5. The summed E-state index contributed by atoms with van der Waals surface area (Å²) < 4.78 is 5.33. The molecular formula is C19H18N4O. The average molecular weight is 318 g/mol. The largest absolute Gasteiger partial charge is 0.497 e. The number of anilines is 1. The number of amidine groups is 1. The molecule has 5 nitrogen and oxygen atoms in total. The first kappa shape index (κ1) is 14.4. The van der Waals surface area contributed by atoms with E-state index in [9.17, 15) is 0 Å². The van der Waals surface area contributed by atoms with Crippen LogP contribution in [0.15, 0.2) is 78.2 Å². The summed E-state index contributed by atoms with van der Waals surface area (Å²) in [5.74, 6) is 1.70. The highest BCUT2D eigenvalue weighted by atomic mass is 16.5. The van der Waals surface area contributed by atoms with Crippen LogP contribution in [0.3, 0.4) is 0 Å². The van der Waals surface area contributed by atoms with Crippen molar-refractivity contribution in [2.45, 2.75) is 6.17 Å².